The van der Waals surface area contributed by atoms with Gasteiger partial charge >= 0.3 is 0 Å². The number of hydrogen-bond acceptors (Lipinski definition) is 6. The highest BCUT2D eigenvalue weighted by Crippen LogP contribution is 2.20. The number of hydrogen-bond donors (Lipinski definition) is 3. The summed E-state index contributed by atoms with van der Waals surface area (Å²) in [4.78, 5) is 29.4. The van der Waals surface area contributed by atoms with Crippen LogP contribution in [-0.2, 0) is 26.2 Å². The van der Waals surface area contributed by atoms with Gasteiger partial charge in [-0.15, -0.1) is 0 Å². The average Bonchev–Trinajstić information content (AvgIpc) is 2.80. The number of carbonyl (C=O) groups is 2. The molecule has 1 aromatic rings. The molecule has 1 aromatic carbocycles. The van der Waals surface area contributed by atoms with Gasteiger partial charge in [-0.1, -0.05) is 51.1 Å². The summed E-state index contributed by atoms with van der Waals surface area (Å²) >= 11 is 0. The lowest BCUT2D eigenvalue weighted by molar-refractivity contribution is -0.144. The highest BCUT2D eigenvalue weighted by molar-refractivity contribution is 7.87. The van der Waals surface area contributed by atoms with E-state index in [2.05, 4.69) is 10.0 Å². The first-order chi connectivity index (χ1) is 16.7. The van der Waals surface area contributed by atoms with Gasteiger partial charge in [-0.05, 0) is 45.3 Å². The number of amides is 2. The molecule has 0 heterocycles. The fourth-order valence-corrected chi connectivity index (χ4v) is 5.09. The molecule has 0 saturated carbocycles. The Labute approximate surface area is 217 Å². The van der Waals surface area contributed by atoms with E-state index in [1.165, 1.54) is 16.3 Å². The van der Waals surface area contributed by atoms with Crippen LogP contribution in [0.15, 0.2) is 30.3 Å². The van der Waals surface area contributed by atoms with Crippen LogP contribution in [0.5, 0.6) is 0 Å². The van der Waals surface area contributed by atoms with E-state index >= 15 is 0 Å². The SMILES string of the molecule is CC[C@](C)(NC(=O)CN(C)C)C(=O)N(C)C(Cc1ccccc1)[C@H](O)CN(CC(C)C)S(=O)(=O)NC. The van der Waals surface area contributed by atoms with Gasteiger partial charge in [0, 0.05) is 27.2 Å². The molecule has 0 saturated heterocycles. The largest absolute Gasteiger partial charge is 0.390 e. The van der Waals surface area contributed by atoms with Crippen molar-refractivity contribution in [3.8, 4) is 0 Å². The second kappa shape index (κ2) is 14.0. The predicted molar refractivity (Wildman–Crippen MR) is 142 cm³/mol. The standard InChI is InChI=1S/C25H45N5O5S/c1-9-25(4,27-23(32)18-28(6)7)24(33)29(8)21(15-20-13-11-10-12-14-20)22(31)17-30(16-19(2)3)36(34,35)26-5/h10-14,19,21-22,26,31H,9,15-18H2,1-8H3,(H,27,32)/t21?,22-,25+/m1/s1. The maximum absolute atomic E-state index is 13.7. The van der Waals surface area contributed by atoms with Crippen LogP contribution in [0.4, 0.5) is 0 Å². The van der Waals surface area contributed by atoms with Gasteiger partial charge in [0.05, 0.1) is 18.7 Å². The minimum atomic E-state index is -3.81. The van der Waals surface area contributed by atoms with Gasteiger partial charge in [0.2, 0.25) is 11.8 Å². The molecular weight excluding hydrogens is 482 g/mol. The maximum Gasteiger partial charge on any atom is 0.279 e. The summed E-state index contributed by atoms with van der Waals surface area (Å²) in [6.45, 7) is 7.43. The highest BCUT2D eigenvalue weighted by atomic mass is 32.2. The van der Waals surface area contributed by atoms with Crippen molar-refractivity contribution in [3.63, 3.8) is 0 Å². The van der Waals surface area contributed by atoms with E-state index in [4.69, 9.17) is 0 Å². The molecule has 0 aliphatic heterocycles. The maximum atomic E-state index is 13.7. The van der Waals surface area contributed by atoms with E-state index in [1.54, 1.807) is 33.0 Å². The van der Waals surface area contributed by atoms with Gasteiger partial charge in [-0.2, -0.15) is 12.7 Å². The Kier molecular flexibility index (Phi) is 12.5. The van der Waals surface area contributed by atoms with Gasteiger partial charge in [-0.25, -0.2) is 4.72 Å². The monoisotopic (exact) mass is 527 g/mol. The van der Waals surface area contributed by atoms with Crippen LogP contribution in [0.1, 0.15) is 39.7 Å². The summed E-state index contributed by atoms with van der Waals surface area (Å²) in [6.07, 6.45) is -0.526. The second-order valence-electron chi connectivity index (χ2n) is 10.1. The summed E-state index contributed by atoms with van der Waals surface area (Å²) in [6, 6.07) is 8.67. The van der Waals surface area contributed by atoms with Crippen LogP contribution < -0.4 is 10.0 Å². The van der Waals surface area contributed by atoms with Gasteiger partial charge in [0.1, 0.15) is 5.54 Å². The molecule has 1 unspecified atom stereocenters. The molecular formula is C25H45N5O5S. The quantitative estimate of drug-likeness (QED) is 0.308. The summed E-state index contributed by atoms with van der Waals surface area (Å²) in [5, 5.41) is 14.2. The lowest BCUT2D eigenvalue weighted by atomic mass is 9.93. The van der Waals surface area contributed by atoms with Crippen LogP contribution >= 0.6 is 0 Å². The molecule has 0 aromatic heterocycles. The molecule has 0 bridgehead atoms. The Morgan fingerprint density at radius 2 is 1.67 bits per heavy atom. The molecule has 0 spiro atoms. The van der Waals surface area contributed by atoms with Gasteiger partial charge in [0.15, 0.2) is 0 Å². The molecule has 3 atom stereocenters. The summed E-state index contributed by atoms with van der Waals surface area (Å²) in [5.74, 6) is -0.610. The van der Waals surface area contributed by atoms with Crippen molar-refractivity contribution in [1.29, 1.82) is 0 Å². The van der Waals surface area contributed by atoms with Crippen molar-refractivity contribution in [3.05, 3.63) is 35.9 Å². The number of nitrogens with one attached hydrogen (secondary N) is 2. The highest BCUT2D eigenvalue weighted by Gasteiger charge is 2.40. The zero-order valence-electron chi connectivity index (χ0n) is 23.0. The first-order valence-corrected chi connectivity index (χ1v) is 13.7. The van der Waals surface area contributed by atoms with Gasteiger partial charge < -0.3 is 20.2 Å². The van der Waals surface area contributed by atoms with E-state index in [1.807, 2.05) is 51.1 Å². The molecule has 11 heteroatoms. The summed E-state index contributed by atoms with van der Waals surface area (Å²) < 4.78 is 28.8. The van der Waals surface area contributed by atoms with Crippen molar-refractivity contribution in [2.75, 3.05) is 47.8 Å². The van der Waals surface area contributed by atoms with E-state index in [0.29, 0.717) is 12.8 Å². The molecule has 206 valence electrons. The Morgan fingerprint density at radius 3 is 2.14 bits per heavy atom. The predicted octanol–water partition coefficient (Wildman–Crippen LogP) is 0.686. The third-order valence-corrected chi connectivity index (χ3v) is 7.66. The zero-order chi connectivity index (χ0) is 27.7. The summed E-state index contributed by atoms with van der Waals surface area (Å²) in [5.41, 5.74) is -0.298. The third-order valence-electron chi connectivity index (χ3n) is 6.16. The molecule has 0 fully saturated rings. The van der Waals surface area contributed by atoms with Crippen LogP contribution in [0.3, 0.4) is 0 Å². The van der Waals surface area contributed by atoms with Crippen LogP contribution in [0.2, 0.25) is 0 Å². The number of rotatable bonds is 15. The number of aliphatic hydroxyl groups is 1. The van der Waals surface area contributed by atoms with Crippen molar-refractivity contribution in [1.82, 2.24) is 24.1 Å². The Balaban J connectivity index is 3.32. The number of aliphatic hydroxyl groups excluding tert-OH is 1. The average molecular weight is 528 g/mol. The normalized spacial score (nSPS) is 15.6. The fourth-order valence-electron chi connectivity index (χ4n) is 3.99. The molecule has 2 amide bonds. The minimum absolute atomic E-state index is 0.0301. The van der Waals surface area contributed by atoms with Gasteiger partial charge in [-0.3, -0.25) is 9.59 Å². The fraction of sp³-hybridized carbons (Fsp3) is 0.680. The number of likely N-dealkylation sites (N-methyl/N-ethyl adjacent to an activating group) is 2. The molecule has 1 rings (SSSR count). The smallest absolute Gasteiger partial charge is 0.279 e. The lowest BCUT2D eigenvalue weighted by Crippen LogP contribution is -2.62. The van der Waals surface area contributed by atoms with E-state index in [-0.39, 0.29) is 37.4 Å². The Morgan fingerprint density at radius 1 is 1.08 bits per heavy atom. The van der Waals surface area contributed by atoms with Crippen molar-refractivity contribution in [2.24, 2.45) is 5.92 Å². The van der Waals surface area contributed by atoms with E-state index < -0.39 is 27.9 Å². The third kappa shape index (κ3) is 9.44. The van der Waals surface area contributed by atoms with E-state index in [9.17, 15) is 23.1 Å². The number of benzene rings is 1. The second-order valence-corrected chi connectivity index (χ2v) is 12.0. The zero-order valence-corrected chi connectivity index (χ0v) is 23.8. The van der Waals surface area contributed by atoms with Crippen molar-refractivity contribution in [2.45, 2.75) is 58.2 Å². The van der Waals surface area contributed by atoms with E-state index in [0.717, 1.165) is 5.56 Å². The molecule has 36 heavy (non-hydrogen) atoms. The van der Waals surface area contributed by atoms with Crippen molar-refractivity contribution >= 4 is 22.0 Å². The minimum Gasteiger partial charge on any atom is -0.390 e. The molecule has 0 aliphatic carbocycles. The molecule has 3 N–H and O–H groups in total. The van der Waals surface area contributed by atoms with Crippen LogP contribution in [0.25, 0.3) is 0 Å². The van der Waals surface area contributed by atoms with Crippen molar-refractivity contribution < 1.29 is 23.1 Å². The number of nitrogens with zero attached hydrogens (tertiary/aromatic N) is 3. The molecule has 0 aliphatic rings. The Hall–Kier alpha value is -2.05. The first kappa shape index (κ1) is 32.0. The number of carbonyl (C=O) groups excluding carboxylic acids is 2. The Bertz CT molecular complexity index is 941. The summed E-state index contributed by atoms with van der Waals surface area (Å²) in [7, 11) is 2.65. The topological polar surface area (TPSA) is 122 Å². The lowest BCUT2D eigenvalue weighted by Gasteiger charge is -2.40. The van der Waals surface area contributed by atoms with Crippen LogP contribution in [-0.4, -0.2) is 105 Å². The van der Waals surface area contributed by atoms with Crippen LogP contribution in [0, 0.1) is 5.92 Å². The molecule has 10 nitrogen and oxygen atoms in total. The first-order valence-electron chi connectivity index (χ1n) is 12.3. The van der Waals surface area contributed by atoms with Gasteiger partial charge in [0.25, 0.3) is 10.2 Å². The molecule has 0 radical (unpaired) electrons.